The predicted molar refractivity (Wildman–Crippen MR) is 134 cm³/mol. The first-order valence-corrected chi connectivity index (χ1v) is 13.1. The van der Waals surface area contributed by atoms with Gasteiger partial charge in [-0.05, 0) is 54.8 Å². The molecule has 0 bridgehead atoms. The van der Waals surface area contributed by atoms with Crippen molar-refractivity contribution in [3.63, 3.8) is 0 Å². The molecule has 2 amide bonds. The molecule has 186 valence electrons. The molecule has 0 aromatic heterocycles. The van der Waals surface area contributed by atoms with Crippen LogP contribution in [-0.2, 0) is 26.2 Å². The molecule has 1 atom stereocenters. The molecule has 0 saturated carbocycles. The Morgan fingerprint density at radius 2 is 1.62 bits per heavy atom. The number of hydrogen-bond acceptors (Lipinski definition) is 5. The van der Waals surface area contributed by atoms with Crippen molar-refractivity contribution in [3.05, 3.63) is 59.1 Å². The largest absolute Gasteiger partial charge is 0.497 e. The number of rotatable bonds is 11. The van der Waals surface area contributed by atoms with E-state index < -0.39 is 28.5 Å². The zero-order valence-electron chi connectivity index (χ0n) is 20.1. The molecule has 0 radical (unpaired) electrons. The molecule has 1 unspecified atom stereocenters. The van der Waals surface area contributed by atoms with Crippen LogP contribution >= 0.6 is 11.6 Å². The Hall–Kier alpha value is -2.78. The summed E-state index contributed by atoms with van der Waals surface area (Å²) in [5.74, 6) is 0.0826. The van der Waals surface area contributed by atoms with Gasteiger partial charge in [-0.1, -0.05) is 37.6 Å². The molecule has 34 heavy (non-hydrogen) atoms. The van der Waals surface area contributed by atoms with Gasteiger partial charge in [0.05, 0.1) is 19.1 Å². The second-order valence-electron chi connectivity index (χ2n) is 8.43. The van der Waals surface area contributed by atoms with Gasteiger partial charge < -0.3 is 15.0 Å². The van der Waals surface area contributed by atoms with Crippen LogP contribution in [0.1, 0.15) is 26.3 Å². The number of sulfonamides is 1. The Balaban J connectivity index is 2.34. The number of carbonyl (C=O) groups excluding carboxylic acids is 2. The maximum absolute atomic E-state index is 13.4. The van der Waals surface area contributed by atoms with Gasteiger partial charge in [-0.15, -0.1) is 0 Å². The van der Waals surface area contributed by atoms with Crippen molar-refractivity contribution < 1.29 is 22.7 Å². The third kappa shape index (κ3) is 7.92. The number of carbonyl (C=O) groups is 2. The summed E-state index contributed by atoms with van der Waals surface area (Å²) in [7, 11) is -2.22. The minimum absolute atomic E-state index is 0.122. The van der Waals surface area contributed by atoms with E-state index in [0.29, 0.717) is 23.0 Å². The summed E-state index contributed by atoms with van der Waals surface area (Å²) >= 11 is 5.93. The molecule has 10 heteroatoms. The van der Waals surface area contributed by atoms with Gasteiger partial charge in [0.1, 0.15) is 18.3 Å². The van der Waals surface area contributed by atoms with Crippen LogP contribution in [0.5, 0.6) is 5.75 Å². The minimum Gasteiger partial charge on any atom is -0.497 e. The van der Waals surface area contributed by atoms with Crippen LogP contribution in [0.3, 0.4) is 0 Å². The van der Waals surface area contributed by atoms with Gasteiger partial charge in [0.15, 0.2) is 0 Å². The molecule has 2 rings (SSSR count). The van der Waals surface area contributed by atoms with E-state index in [2.05, 4.69) is 5.32 Å². The molecule has 0 aliphatic heterocycles. The maximum Gasteiger partial charge on any atom is 0.244 e. The first-order chi connectivity index (χ1) is 15.9. The van der Waals surface area contributed by atoms with Crippen molar-refractivity contribution in [3.8, 4) is 5.75 Å². The van der Waals surface area contributed by atoms with E-state index >= 15 is 0 Å². The lowest BCUT2D eigenvalue weighted by molar-refractivity contribution is -0.139. The number of benzene rings is 2. The summed E-state index contributed by atoms with van der Waals surface area (Å²) in [6, 6.07) is 12.5. The molecule has 8 nitrogen and oxygen atoms in total. The van der Waals surface area contributed by atoms with Crippen molar-refractivity contribution in [2.24, 2.45) is 5.92 Å². The van der Waals surface area contributed by atoms with Gasteiger partial charge in [-0.3, -0.25) is 13.9 Å². The lowest BCUT2D eigenvalue weighted by atomic mass is 10.1. The minimum atomic E-state index is -3.78. The number of ether oxygens (including phenoxy) is 1. The summed E-state index contributed by atoms with van der Waals surface area (Å²) in [5, 5.41) is 3.29. The Bertz CT molecular complexity index is 1070. The number of nitrogens with zero attached hydrogens (tertiary/aromatic N) is 2. The van der Waals surface area contributed by atoms with Crippen LogP contribution in [0.25, 0.3) is 0 Å². The molecule has 0 saturated heterocycles. The number of anilines is 1. The number of amides is 2. The lowest BCUT2D eigenvalue weighted by Crippen LogP contribution is -2.51. The number of nitrogens with one attached hydrogen (secondary N) is 1. The fourth-order valence-corrected chi connectivity index (χ4v) is 4.16. The van der Waals surface area contributed by atoms with Gasteiger partial charge in [0.25, 0.3) is 0 Å². The molecular formula is C24H32ClN3O5S. The second kappa shape index (κ2) is 12.1. The molecule has 2 aromatic rings. The van der Waals surface area contributed by atoms with E-state index in [4.69, 9.17) is 16.3 Å². The molecular weight excluding hydrogens is 478 g/mol. The molecule has 0 heterocycles. The first-order valence-electron chi connectivity index (χ1n) is 10.9. The number of methoxy groups -OCH3 is 1. The topological polar surface area (TPSA) is 96.0 Å². The lowest BCUT2D eigenvalue weighted by Gasteiger charge is -2.31. The number of halogens is 1. The smallest absolute Gasteiger partial charge is 0.244 e. The van der Waals surface area contributed by atoms with Gasteiger partial charge in [-0.2, -0.15) is 0 Å². The molecule has 2 aromatic carbocycles. The molecule has 0 aliphatic rings. The van der Waals surface area contributed by atoms with E-state index in [1.807, 2.05) is 13.8 Å². The van der Waals surface area contributed by atoms with E-state index in [9.17, 15) is 18.0 Å². The fraction of sp³-hybridized carbons (Fsp3) is 0.417. The summed E-state index contributed by atoms with van der Waals surface area (Å²) in [4.78, 5) is 27.6. The third-order valence-corrected chi connectivity index (χ3v) is 6.55. The summed E-state index contributed by atoms with van der Waals surface area (Å²) in [6.07, 6.45) is 1.03. The van der Waals surface area contributed by atoms with E-state index in [-0.39, 0.29) is 18.4 Å². The molecule has 0 fully saturated rings. The van der Waals surface area contributed by atoms with E-state index in [1.165, 1.54) is 17.0 Å². The van der Waals surface area contributed by atoms with Crippen molar-refractivity contribution in [2.75, 3.05) is 30.8 Å². The highest BCUT2D eigenvalue weighted by molar-refractivity contribution is 7.92. The normalized spacial score (nSPS) is 12.2. The Morgan fingerprint density at radius 1 is 1.03 bits per heavy atom. The second-order valence-corrected chi connectivity index (χ2v) is 10.8. The summed E-state index contributed by atoms with van der Waals surface area (Å²) < 4.78 is 31.2. The van der Waals surface area contributed by atoms with Crippen molar-refractivity contribution in [1.82, 2.24) is 10.2 Å². The van der Waals surface area contributed by atoms with Gasteiger partial charge in [-0.25, -0.2) is 8.42 Å². The van der Waals surface area contributed by atoms with Crippen LogP contribution in [-0.4, -0.2) is 57.6 Å². The highest BCUT2D eigenvalue weighted by Gasteiger charge is 2.30. The van der Waals surface area contributed by atoms with Gasteiger partial charge in [0.2, 0.25) is 21.8 Å². The van der Waals surface area contributed by atoms with Crippen LogP contribution in [0.4, 0.5) is 5.69 Å². The Labute approximate surface area is 206 Å². The monoisotopic (exact) mass is 509 g/mol. The van der Waals surface area contributed by atoms with Crippen molar-refractivity contribution in [1.29, 1.82) is 0 Å². The summed E-state index contributed by atoms with van der Waals surface area (Å²) in [6.45, 7) is 5.70. The highest BCUT2D eigenvalue weighted by Crippen LogP contribution is 2.22. The quantitative estimate of drug-likeness (QED) is 0.501. The van der Waals surface area contributed by atoms with Crippen molar-refractivity contribution >= 4 is 39.1 Å². The van der Waals surface area contributed by atoms with Gasteiger partial charge in [0, 0.05) is 18.1 Å². The maximum atomic E-state index is 13.4. The average molecular weight is 510 g/mol. The van der Waals surface area contributed by atoms with Crippen LogP contribution in [0.15, 0.2) is 48.5 Å². The zero-order chi connectivity index (χ0) is 25.5. The standard InChI is InChI=1S/C24H32ClN3O5S/c1-17(2)14-26-24(30)18(3)27(15-19-6-12-22(33-4)13-7-19)23(29)16-28(34(5,31)32)21-10-8-20(25)9-11-21/h6-13,17-18H,14-16H2,1-5H3,(H,26,30). The Morgan fingerprint density at radius 3 is 2.12 bits per heavy atom. The average Bonchev–Trinajstić information content (AvgIpc) is 2.79. The fourth-order valence-electron chi connectivity index (χ4n) is 3.18. The first kappa shape index (κ1) is 27.5. The molecule has 0 aliphatic carbocycles. The van der Waals surface area contributed by atoms with E-state index in [0.717, 1.165) is 16.1 Å². The van der Waals surface area contributed by atoms with Crippen LogP contribution in [0, 0.1) is 5.92 Å². The molecule has 0 spiro atoms. The number of hydrogen-bond donors (Lipinski definition) is 1. The summed E-state index contributed by atoms with van der Waals surface area (Å²) in [5.41, 5.74) is 1.08. The van der Waals surface area contributed by atoms with E-state index in [1.54, 1.807) is 50.4 Å². The zero-order valence-corrected chi connectivity index (χ0v) is 21.7. The van der Waals surface area contributed by atoms with Gasteiger partial charge >= 0.3 is 0 Å². The van der Waals surface area contributed by atoms with Crippen LogP contribution < -0.4 is 14.4 Å². The van der Waals surface area contributed by atoms with Crippen molar-refractivity contribution in [2.45, 2.75) is 33.4 Å². The SMILES string of the molecule is COc1ccc(CN(C(=O)CN(c2ccc(Cl)cc2)S(C)(=O)=O)C(C)C(=O)NCC(C)C)cc1. The predicted octanol–water partition coefficient (Wildman–Crippen LogP) is 3.30. The highest BCUT2D eigenvalue weighted by atomic mass is 35.5. The molecule has 1 N–H and O–H groups in total. The van der Waals surface area contributed by atoms with Crippen LogP contribution in [0.2, 0.25) is 5.02 Å². The third-order valence-electron chi connectivity index (χ3n) is 5.16. The Kier molecular flexibility index (Phi) is 9.76.